The van der Waals surface area contributed by atoms with Gasteiger partial charge in [0.1, 0.15) is 5.82 Å². The first-order valence-corrected chi connectivity index (χ1v) is 6.89. The highest BCUT2D eigenvalue weighted by Crippen LogP contribution is 2.18. The van der Waals surface area contributed by atoms with E-state index in [2.05, 4.69) is 15.3 Å². The Morgan fingerprint density at radius 3 is 2.84 bits per heavy atom. The van der Waals surface area contributed by atoms with Crippen molar-refractivity contribution in [3.63, 3.8) is 0 Å². The molecule has 0 saturated carbocycles. The summed E-state index contributed by atoms with van der Waals surface area (Å²) < 4.78 is 0. The van der Waals surface area contributed by atoms with Crippen molar-refractivity contribution in [2.45, 2.75) is 10.9 Å². The van der Waals surface area contributed by atoms with Crippen molar-refractivity contribution in [1.29, 1.82) is 0 Å². The van der Waals surface area contributed by atoms with E-state index in [1.165, 1.54) is 23.4 Å². The maximum Gasteiger partial charge on any atom is 0.253 e. The van der Waals surface area contributed by atoms with Crippen LogP contribution >= 0.6 is 11.8 Å². The minimum absolute atomic E-state index is 0.000963. The highest BCUT2D eigenvalue weighted by atomic mass is 32.2. The van der Waals surface area contributed by atoms with Crippen molar-refractivity contribution in [3.8, 4) is 0 Å². The van der Waals surface area contributed by atoms with Gasteiger partial charge >= 0.3 is 0 Å². The Labute approximate surface area is 115 Å². The van der Waals surface area contributed by atoms with Gasteiger partial charge in [-0.1, -0.05) is 42.1 Å². The molecule has 2 rings (SSSR count). The Bertz CT molecular complexity index is 572. The Hall–Kier alpha value is -1.79. The Morgan fingerprint density at radius 2 is 2.11 bits per heavy atom. The van der Waals surface area contributed by atoms with Crippen LogP contribution in [-0.4, -0.2) is 28.2 Å². The minimum atomic E-state index is -0.203. The molecule has 1 aromatic carbocycles. The van der Waals surface area contributed by atoms with E-state index in [0.717, 1.165) is 5.75 Å². The number of thioether (sulfide) groups is 1. The van der Waals surface area contributed by atoms with E-state index in [1.54, 1.807) is 0 Å². The van der Waals surface area contributed by atoms with Gasteiger partial charge in [0.2, 0.25) is 0 Å². The van der Waals surface area contributed by atoms with Gasteiger partial charge in [-0.05, 0) is 5.56 Å². The zero-order valence-corrected chi connectivity index (χ0v) is 11.1. The number of hydrogen-bond donors (Lipinski definition) is 3. The molecule has 5 nitrogen and oxygen atoms in total. The number of nitrogens with zero attached hydrogens (tertiary/aromatic N) is 1. The highest BCUT2D eigenvalue weighted by molar-refractivity contribution is 7.98. The van der Waals surface area contributed by atoms with Crippen LogP contribution < -0.4 is 10.9 Å². The monoisotopic (exact) mass is 277 g/mol. The minimum Gasteiger partial charge on any atom is -0.395 e. The SMILES string of the molecule is O=c1cc(NCCO)nc(SCc2ccccc2)[nH]1. The van der Waals surface area contributed by atoms with Gasteiger partial charge in [0.05, 0.1) is 6.61 Å². The normalized spacial score (nSPS) is 10.4. The molecule has 0 radical (unpaired) electrons. The van der Waals surface area contributed by atoms with Gasteiger partial charge in [-0.15, -0.1) is 0 Å². The smallest absolute Gasteiger partial charge is 0.253 e. The molecule has 0 bridgehead atoms. The lowest BCUT2D eigenvalue weighted by atomic mass is 10.2. The summed E-state index contributed by atoms with van der Waals surface area (Å²) in [6.07, 6.45) is 0. The van der Waals surface area contributed by atoms with Crippen molar-refractivity contribution in [1.82, 2.24) is 9.97 Å². The second-order valence-corrected chi connectivity index (χ2v) is 4.82. The molecule has 0 amide bonds. The number of anilines is 1. The number of aliphatic hydroxyl groups excluding tert-OH is 1. The third-order valence-corrected chi connectivity index (χ3v) is 3.30. The molecule has 100 valence electrons. The molecule has 1 heterocycles. The van der Waals surface area contributed by atoms with E-state index in [4.69, 9.17) is 5.11 Å². The second kappa shape index (κ2) is 6.96. The third kappa shape index (κ3) is 4.42. The van der Waals surface area contributed by atoms with E-state index in [0.29, 0.717) is 17.5 Å². The lowest BCUT2D eigenvalue weighted by molar-refractivity contribution is 0.311. The number of rotatable bonds is 6. The predicted molar refractivity (Wildman–Crippen MR) is 76.4 cm³/mol. The molecule has 2 aromatic rings. The average molecular weight is 277 g/mol. The van der Waals surface area contributed by atoms with E-state index in [9.17, 15) is 4.79 Å². The molecule has 0 aliphatic heterocycles. The lowest BCUT2D eigenvalue weighted by Gasteiger charge is -2.05. The first-order chi connectivity index (χ1) is 9.28. The van der Waals surface area contributed by atoms with Crippen molar-refractivity contribution >= 4 is 17.6 Å². The summed E-state index contributed by atoms with van der Waals surface area (Å²) in [5, 5.41) is 12.2. The Morgan fingerprint density at radius 1 is 1.32 bits per heavy atom. The van der Waals surface area contributed by atoms with Gasteiger partial charge in [-0.2, -0.15) is 0 Å². The molecule has 0 aliphatic rings. The van der Waals surface area contributed by atoms with Crippen molar-refractivity contribution < 1.29 is 5.11 Å². The van der Waals surface area contributed by atoms with Crippen molar-refractivity contribution in [2.75, 3.05) is 18.5 Å². The molecule has 0 saturated heterocycles. The summed E-state index contributed by atoms with van der Waals surface area (Å²) in [4.78, 5) is 18.4. The van der Waals surface area contributed by atoms with Gasteiger partial charge in [0.25, 0.3) is 5.56 Å². The lowest BCUT2D eigenvalue weighted by Crippen LogP contribution is -2.13. The van der Waals surface area contributed by atoms with Gasteiger partial charge in [-0.25, -0.2) is 4.98 Å². The quantitative estimate of drug-likeness (QED) is 0.550. The number of aromatic nitrogens is 2. The van der Waals surface area contributed by atoms with Gasteiger partial charge in [0.15, 0.2) is 5.16 Å². The van der Waals surface area contributed by atoms with Crippen LogP contribution in [0.3, 0.4) is 0 Å². The Balaban J connectivity index is 2.03. The molecule has 3 N–H and O–H groups in total. The molecule has 0 aliphatic carbocycles. The standard InChI is InChI=1S/C13H15N3O2S/c17-7-6-14-11-8-12(18)16-13(15-11)19-9-10-4-2-1-3-5-10/h1-5,8,17H,6-7,9H2,(H2,14,15,16,18). The topological polar surface area (TPSA) is 78.0 Å². The molecule has 1 aromatic heterocycles. The molecule has 19 heavy (non-hydrogen) atoms. The fourth-order valence-electron chi connectivity index (χ4n) is 1.50. The van der Waals surface area contributed by atoms with Crippen molar-refractivity contribution in [2.24, 2.45) is 0 Å². The van der Waals surface area contributed by atoms with E-state index >= 15 is 0 Å². The number of aromatic amines is 1. The number of nitrogens with one attached hydrogen (secondary N) is 2. The maximum absolute atomic E-state index is 11.5. The summed E-state index contributed by atoms with van der Waals surface area (Å²) in [5.41, 5.74) is 0.967. The maximum atomic E-state index is 11.5. The number of hydrogen-bond acceptors (Lipinski definition) is 5. The Kier molecular flexibility index (Phi) is 5.00. The van der Waals surface area contributed by atoms with Crippen LogP contribution in [0.15, 0.2) is 46.3 Å². The fraction of sp³-hybridized carbons (Fsp3) is 0.231. The fourth-order valence-corrected chi connectivity index (χ4v) is 2.34. The molecular formula is C13H15N3O2S. The molecule has 0 atom stereocenters. The number of H-pyrrole nitrogens is 1. The largest absolute Gasteiger partial charge is 0.395 e. The molecule has 0 spiro atoms. The summed E-state index contributed by atoms with van der Waals surface area (Å²) >= 11 is 1.47. The summed E-state index contributed by atoms with van der Waals surface area (Å²) in [5.74, 6) is 1.22. The first-order valence-electron chi connectivity index (χ1n) is 5.91. The zero-order valence-electron chi connectivity index (χ0n) is 10.3. The van der Waals surface area contributed by atoms with Crippen LogP contribution in [0.4, 0.5) is 5.82 Å². The third-order valence-electron chi connectivity index (χ3n) is 2.36. The van der Waals surface area contributed by atoms with Gasteiger partial charge in [0, 0.05) is 18.4 Å². The van der Waals surface area contributed by atoms with E-state index in [-0.39, 0.29) is 12.2 Å². The van der Waals surface area contributed by atoms with E-state index in [1.807, 2.05) is 30.3 Å². The van der Waals surface area contributed by atoms with Gasteiger partial charge < -0.3 is 15.4 Å². The van der Waals surface area contributed by atoms with Crippen molar-refractivity contribution in [3.05, 3.63) is 52.3 Å². The predicted octanol–water partition coefficient (Wildman–Crippen LogP) is 1.47. The number of aliphatic hydroxyl groups is 1. The number of benzene rings is 1. The van der Waals surface area contributed by atoms with Crippen LogP contribution in [-0.2, 0) is 5.75 Å². The molecular weight excluding hydrogens is 262 g/mol. The van der Waals surface area contributed by atoms with Gasteiger partial charge in [-0.3, -0.25) is 4.79 Å². The first kappa shape index (κ1) is 13.6. The van der Waals surface area contributed by atoms with Crippen LogP contribution in [0.2, 0.25) is 0 Å². The summed E-state index contributed by atoms with van der Waals surface area (Å²) in [7, 11) is 0. The second-order valence-electron chi connectivity index (χ2n) is 3.86. The molecule has 0 fully saturated rings. The highest BCUT2D eigenvalue weighted by Gasteiger charge is 2.02. The molecule has 6 heteroatoms. The van der Waals surface area contributed by atoms with Crippen LogP contribution in [0, 0.1) is 0 Å². The molecule has 0 unspecified atom stereocenters. The van der Waals surface area contributed by atoms with Crippen LogP contribution in [0.25, 0.3) is 0 Å². The van der Waals surface area contributed by atoms with Crippen LogP contribution in [0.5, 0.6) is 0 Å². The summed E-state index contributed by atoms with van der Waals surface area (Å²) in [6.45, 7) is 0.375. The zero-order chi connectivity index (χ0) is 13.5. The van der Waals surface area contributed by atoms with Crippen LogP contribution in [0.1, 0.15) is 5.56 Å². The average Bonchev–Trinajstić information content (AvgIpc) is 2.43. The van der Waals surface area contributed by atoms with E-state index < -0.39 is 0 Å². The summed E-state index contributed by atoms with van der Waals surface area (Å²) in [6, 6.07) is 11.4.